The number of hydrogen-bond donors (Lipinski definition) is 1. The number of hydrogen-bond acceptors (Lipinski definition) is 4. The van der Waals surface area contributed by atoms with Crippen molar-refractivity contribution < 1.29 is 9.53 Å². The monoisotopic (exact) mass is 376 g/mol. The van der Waals surface area contributed by atoms with E-state index in [2.05, 4.69) is 21.3 Å². The Morgan fingerprint density at radius 1 is 1.21 bits per heavy atom. The van der Waals surface area contributed by atoms with Gasteiger partial charge in [0, 0.05) is 35.4 Å². The number of nitrogens with one attached hydrogen (secondary N) is 1. The molecule has 1 aliphatic rings. The lowest BCUT2D eigenvalue weighted by molar-refractivity contribution is -0.117. The number of nitrogens with zero attached hydrogens (tertiary/aromatic N) is 3. The highest BCUT2D eigenvalue weighted by Crippen LogP contribution is 2.36. The van der Waals surface area contributed by atoms with Gasteiger partial charge in [-0.3, -0.25) is 9.69 Å². The van der Waals surface area contributed by atoms with Crippen LogP contribution in [0.4, 0.5) is 5.69 Å². The highest BCUT2D eigenvalue weighted by molar-refractivity contribution is 5.92. The number of aromatic nitrogens is 2. The van der Waals surface area contributed by atoms with Crippen LogP contribution in [0.25, 0.3) is 5.69 Å². The fraction of sp³-hybridized carbons (Fsp3) is 0.273. The molecule has 3 aromatic rings. The van der Waals surface area contributed by atoms with E-state index in [1.807, 2.05) is 53.2 Å². The third-order valence-electron chi connectivity index (χ3n) is 5.16. The van der Waals surface area contributed by atoms with Crippen molar-refractivity contribution in [2.45, 2.75) is 18.9 Å². The van der Waals surface area contributed by atoms with Crippen molar-refractivity contribution in [3.8, 4) is 11.4 Å². The van der Waals surface area contributed by atoms with Crippen LogP contribution < -0.4 is 10.1 Å². The fourth-order valence-corrected chi connectivity index (χ4v) is 3.82. The first-order valence-electron chi connectivity index (χ1n) is 9.50. The molecule has 1 unspecified atom stereocenters. The molecule has 1 N–H and O–H groups in total. The van der Waals surface area contributed by atoms with Crippen LogP contribution in [0.1, 0.15) is 24.4 Å². The van der Waals surface area contributed by atoms with Crippen LogP contribution in [0.15, 0.2) is 67.3 Å². The lowest BCUT2D eigenvalue weighted by Gasteiger charge is -2.25. The number of carbonyl (C=O) groups excluding carboxylic acids is 1. The third-order valence-corrected chi connectivity index (χ3v) is 5.16. The van der Waals surface area contributed by atoms with E-state index in [0.29, 0.717) is 6.54 Å². The summed E-state index contributed by atoms with van der Waals surface area (Å²) in [7, 11) is 1.69. The molecule has 0 saturated carbocycles. The fourth-order valence-electron chi connectivity index (χ4n) is 3.82. The Morgan fingerprint density at radius 2 is 2.04 bits per heavy atom. The van der Waals surface area contributed by atoms with Crippen LogP contribution in [-0.2, 0) is 4.79 Å². The Bertz CT molecular complexity index is 922. The average molecular weight is 376 g/mol. The quantitative estimate of drug-likeness (QED) is 0.713. The van der Waals surface area contributed by atoms with Crippen LogP contribution in [0.5, 0.6) is 5.75 Å². The molecule has 2 heterocycles. The van der Waals surface area contributed by atoms with E-state index in [-0.39, 0.29) is 11.9 Å². The second-order valence-corrected chi connectivity index (χ2v) is 6.94. The van der Waals surface area contributed by atoms with Crippen LogP contribution in [0.3, 0.4) is 0 Å². The van der Waals surface area contributed by atoms with Gasteiger partial charge in [0.1, 0.15) is 5.75 Å². The molecule has 1 amide bonds. The van der Waals surface area contributed by atoms with Gasteiger partial charge < -0.3 is 14.6 Å². The van der Waals surface area contributed by atoms with Crippen molar-refractivity contribution in [2.24, 2.45) is 0 Å². The number of benzene rings is 2. The summed E-state index contributed by atoms with van der Waals surface area (Å²) < 4.78 is 7.44. The number of carbonyl (C=O) groups is 1. The molecule has 6 nitrogen and oxygen atoms in total. The van der Waals surface area contributed by atoms with Gasteiger partial charge in [0.05, 0.1) is 20.0 Å². The van der Waals surface area contributed by atoms with Gasteiger partial charge in [-0.1, -0.05) is 18.2 Å². The van der Waals surface area contributed by atoms with Crippen molar-refractivity contribution in [3.63, 3.8) is 0 Å². The first kappa shape index (κ1) is 18.3. The summed E-state index contributed by atoms with van der Waals surface area (Å²) in [6.45, 7) is 1.28. The number of methoxy groups -OCH3 is 1. The number of rotatable bonds is 6. The smallest absolute Gasteiger partial charge is 0.238 e. The molecule has 144 valence electrons. The van der Waals surface area contributed by atoms with E-state index in [1.165, 1.54) is 0 Å². The van der Waals surface area contributed by atoms with Crippen LogP contribution in [0, 0.1) is 0 Å². The molecule has 1 fully saturated rings. The Balaban J connectivity index is 1.40. The molecule has 1 saturated heterocycles. The van der Waals surface area contributed by atoms with Crippen molar-refractivity contribution in [1.29, 1.82) is 0 Å². The van der Waals surface area contributed by atoms with Gasteiger partial charge in [-0.25, -0.2) is 4.98 Å². The number of likely N-dealkylation sites (tertiary alicyclic amines) is 1. The summed E-state index contributed by atoms with van der Waals surface area (Å²) in [5, 5.41) is 3.01. The largest absolute Gasteiger partial charge is 0.496 e. The van der Waals surface area contributed by atoms with Gasteiger partial charge in [-0.15, -0.1) is 0 Å². The standard InChI is InChI=1S/C22H24N4O2/c1-28-21-7-3-2-5-19(21)20-6-4-13-25(20)15-22(27)24-17-8-10-18(11-9-17)26-14-12-23-16-26/h2-3,5,7-12,14,16,20H,4,6,13,15H2,1H3,(H,24,27). The third kappa shape index (κ3) is 3.92. The molecule has 0 spiro atoms. The molecule has 1 aliphatic heterocycles. The highest BCUT2D eigenvalue weighted by atomic mass is 16.5. The van der Waals surface area contributed by atoms with E-state index in [1.54, 1.807) is 19.6 Å². The normalized spacial score (nSPS) is 16.8. The van der Waals surface area contributed by atoms with Gasteiger partial charge >= 0.3 is 0 Å². The van der Waals surface area contributed by atoms with Crippen molar-refractivity contribution in [3.05, 3.63) is 72.8 Å². The molecule has 6 heteroatoms. The summed E-state index contributed by atoms with van der Waals surface area (Å²) in [5.74, 6) is 0.882. The maximum atomic E-state index is 12.6. The summed E-state index contributed by atoms with van der Waals surface area (Å²) in [6.07, 6.45) is 7.49. The summed E-state index contributed by atoms with van der Waals surface area (Å²) in [6, 6.07) is 16.0. The second-order valence-electron chi connectivity index (χ2n) is 6.94. The van der Waals surface area contributed by atoms with Crippen LogP contribution in [0.2, 0.25) is 0 Å². The predicted molar refractivity (Wildman–Crippen MR) is 109 cm³/mol. The number of imidazole rings is 1. The van der Waals surface area contributed by atoms with Gasteiger partial charge in [-0.2, -0.15) is 0 Å². The molecule has 0 bridgehead atoms. The zero-order valence-electron chi connectivity index (χ0n) is 15.9. The van der Waals surface area contributed by atoms with Crippen LogP contribution in [-0.4, -0.2) is 40.6 Å². The van der Waals surface area contributed by atoms with Crippen molar-refractivity contribution in [2.75, 3.05) is 25.5 Å². The number of ether oxygens (including phenoxy) is 1. The van der Waals surface area contributed by atoms with Crippen LogP contribution >= 0.6 is 0 Å². The minimum absolute atomic E-state index is 0.00261. The molecule has 2 aromatic carbocycles. The molecule has 0 radical (unpaired) electrons. The summed E-state index contributed by atoms with van der Waals surface area (Å²) in [5.41, 5.74) is 2.95. The lowest BCUT2D eigenvalue weighted by atomic mass is 10.0. The zero-order chi connectivity index (χ0) is 19.3. The average Bonchev–Trinajstić information content (AvgIpc) is 3.41. The van der Waals surface area contributed by atoms with E-state index in [4.69, 9.17) is 4.74 Å². The molecule has 0 aliphatic carbocycles. The molecule has 1 aromatic heterocycles. The molecule has 4 rings (SSSR count). The zero-order valence-corrected chi connectivity index (χ0v) is 15.9. The second kappa shape index (κ2) is 8.27. The minimum atomic E-state index is -0.00261. The van der Waals surface area contributed by atoms with Gasteiger partial charge in [-0.05, 0) is 49.7 Å². The van der Waals surface area contributed by atoms with Gasteiger partial charge in [0.25, 0.3) is 0 Å². The maximum absolute atomic E-state index is 12.6. The first-order chi connectivity index (χ1) is 13.7. The van der Waals surface area contributed by atoms with Gasteiger partial charge in [0.15, 0.2) is 0 Å². The van der Waals surface area contributed by atoms with Crippen molar-refractivity contribution >= 4 is 11.6 Å². The highest BCUT2D eigenvalue weighted by Gasteiger charge is 2.29. The van der Waals surface area contributed by atoms with E-state index in [0.717, 1.165) is 42.1 Å². The minimum Gasteiger partial charge on any atom is -0.496 e. The summed E-state index contributed by atoms with van der Waals surface area (Å²) >= 11 is 0. The van der Waals surface area contributed by atoms with E-state index >= 15 is 0 Å². The molecular weight excluding hydrogens is 352 g/mol. The summed E-state index contributed by atoms with van der Waals surface area (Å²) in [4.78, 5) is 18.9. The molecular formula is C22H24N4O2. The number of amides is 1. The first-order valence-corrected chi connectivity index (χ1v) is 9.50. The molecule has 28 heavy (non-hydrogen) atoms. The Hall–Kier alpha value is -3.12. The molecule has 1 atom stereocenters. The topological polar surface area (TPSA) is 59.4 Å². The van der Waals surface area contributed by atoms with Gasteiger partial charge in [0.2, 0.25) is 5.91 Å². The number of anilines is 1. The Kier molecular flexibility index (Phi) is 5.39. The Morgan fingerprint density at radius 3 is 2.79 bits per heavy atom. The number of para-hydroxylation sites is 1. The Labute approximate surface area is 164 Å². The van der Waals surface area contributed by atoms with Crippen molar-refractivity contribution in [1.82, 2.24) is 14.5 Å². The van der Waals surface area contributed by atoms with E-state index in [9.17, 15) is 4.79 Å². The SMILES string of the molecule is COc1ccccc1C1CCCN1CC(=O)Nc1ccc(-n2ccnc2)cc1. The predicted octanol–water partition coefficient (Wildman–Crippen LogP) is 3.66. The van der Waals surface area contributed by atoms with E-state index < -0.39 is 0 Å². The lowest BCUT2D eigenvalue weighted by Crippen LogP contribution is -2.33. The maximum Gasteiger partial charge on any atom is 0.238 e.